The van der Waals surface area contributed by atoms with Crippen LogP contribution in [-0.4, -0.2) is 31.2 Å². The summed E-state index contributed by atoms with van der Waals surface area (Å²) in [6.07, 6.45) is 4.90. The smallest absolute Gasteiger partial charge is 0.206 e. The minimum absolute atomic E-state index is 0.103. The Morgan fingerprint density at radius 1 is 1.37 bits per heavy atom. The molecule has 0 saturated carbocycles. The lowest BCUT2D eigenvalue weighted by Crippen LogP contribution is -2.37. The topological polar surface area (TPSA) is 37.4 Å². The molecule has 1 unspecified atom stereocenters. The van der Waals surface area contributed by atoms with Crippen LogP contribution in [-0.2, 0) is 16.4 Å². The molecule has 3 nitrogen and oxygen atoms in total. The lowest BCUT2D eigenvalue weighted by Gasteiger charge is -2.25. The van der Waals surface area contributed by atoms with Crippen molar-refractivity contribution in [2.75, 3.05) is 12.4 Å². The van der Waals surface area contributed by atoms with Crippen LogP contribution in [0.1, 0.15) is 37.5 Å². The number of halogens is 1. The summed E-state index contributed by atoms with van der Waals surface area (Å²) in [7, 11) is -3.32. The number of hydrogen-bond acceptors (Lipinski definition) is 3. The summed E-state index contributed by atoms with van der Waals surface area (Å²) in [5.41, 5.74) is 0. The molecule has 0 bridgehead atoms. The van der Waals surface area contributed by atoms with Gasteiger partial charge in [-0.15, -0.1) is 22.9 Å². The second-order valence-corrected chi connectivity index (χ2v) is 8.64. The zero-order chi connectivity index (χ0) is 13.9. The largest absolute Gasteiger partial charge is 0.252 e. The van der Waals surface area contributed by atoms with Crippen LogP contribution in [0.4, 0.5) is 0 Å². The molecular weight excluding hydrogens is 302 g/mol. The number of alkyl halides is 1. The molecular formula is C13H20ClNO2S2. The van der Waals surface area contributed by atoms with E-state index in [-0.39, 0.29) is 6.04 Å². The van der Waals surface area contributed by atoms with E-state index in [1.54, 1.807) is 10.4 Å². The predicted octanol–water partition coefficient (Wildman–Crippen LogP) is 3.48. The van der Waals surface area contributed by atoms with E-state index in [1.165, 1.54) is 11.3 Å². The number of sulfonamides is 1. The average Bonchev–Trinajstić information content (AvgIpc) is 2.72. The van der Waals surface area contributed by atoms with Crippen LogP contribution < -0.4 is 0 Å². The van der Waals surface area contributed by atoms with Crippen LogP contribution in [0.3, 0.4) is 0 Å². The van der Waals surface area contributed by atoms with E-state index in [0.717, 1.165) is 37.0 Å². The van der Waals surface area contributed by atoms with Gasteiger partial charge in [0.1, 0.15) is 4.21 Å². The van der Waals surface area contributed by atoms with E-state index in [9.17, 15) is 8.42 Å². The van der Waals surface area contributed by atoms with Gasteiger partial charge in [-0.25, -0.2) is 8.42 Å². The Bertz CT molecular complexity index is 512. The van der Waals surface area contributed by atoms with E-state index in [4.69, 9.17) is 11.6 Å². The van der Waals surface area contributed by atoms with E-state index >= 15 is 0 Å². The third kappa shape index (κ3) is 3.51. The summed E-state index contributed by atoms with van der Waals surface area (Å²) in [6, 6.07) is 3.70. The number of hydrogen-bond donors (Lipinski definition) is 0. The molecule has 0 radical (unpaired) electrons. The number of rotatable bonds is 4. The van der Waals surface area contributed by atoms with Crippen LogP contribution in [0.15, 0.2) is 16.3 Å². The van der Waals surface area contributed by atoms with Crippen LogP contribution in [0.5, 0.6) is 0 Å². The highest BCUT2D eigenvalue weighted by Gasteiger charge is 2.30. The SMILES string of the molecule is CC1CCCCCN1S(=O)(=O)c1ccc(CCCl)s1. The predicted molar refractivity (Wildman–Crippen MR) is 80.6 cm³/mol. The maximum atomic E-state index is 12.7. The first kappa shape index (κ1) is 15.3. The molecule has 0 aromatic carbocycles. The molecule has 1 fully saturated rings. The first-order valence-corrected chi connectivity index (χ1v) is 9.51. The van der Waals surface area contributed by atoms with Crippen molar-refractivity contribution in [1.82, 2.24) is 4.31 Å². The van der Waals surface area contributed by atoms with Gasteiger partial charge >= 0.3 is 0 Å². The van der Waals surface area contributed by atoms with E-state index in [0.29, 0.717) is 16.6 Å². The van der Waals surface area contributed by atoms with Gasteiger partial charge in [0, 0.05) is 23.3 Å². The van der Waals surface area contributed by atoms with E-state index in [2.05, 4.69) is 0 Å². The van der Waals surface area contributed by atoms with Crippen molar-refractivity contribution in [1.29, 1.82) is 0 Å². The van der Waals surface area contributed by atoms with Crippen molar-refractivity contribution >= 4 is 33.0 Å². The Hall–Kier alpha value is -0.100. The fourth-order valence-electron chi connectivity index (χ4n) is 2.45. The summed E-state index contributed by atoms with van der Waals surface area (Å²) in [5, 5.41) is 0. The Balaban J connectivity index is 2.24. The van der Waals surface area contributed by atoms with Crippen LogP contribution in [0.25, 0.3) is 0 Å². The molecule has 2 rings (SSSR count). The standard InChI is InChI=1S/C13H20ClNO2S2/c1-11-5-3-2-4-10-15(11)19(16,17)13-7-6-12(18-13)8-9-14/h6-7,11H,2-5,8-10H2,1H3. The first-order chi connectivity index (χ1) is 9.05. The maximum Gasteiger partial charge on any atom is 0.252 e. The molecule has 1 aliphatic heterocycles. The molecule has 1 saturated heterocycles. The molecule has 0 aliphatic carbocycles. The Morgan fingerprint density at radius 2 is 2.16 bits per heavy atom. The van der Waals surface area contributed by atoms with Gasteiger partial charge in [-0.05, 0) is 38.3 Å². The highest BCUT2D eigenvalue weighted by atomic mass is 35.5. The average molecular weight is 322 g/mol. The van der Waals surface area contributed by atoms with Crippen LogP contribution >= 0.6 is 22.9 Å². The lowest BCUT2D eigenvalue weighted by atomic mass is 10.1. The molecule has 19 heavy (non-hydrogen) atoms. The molecule has 1 aromatic rings. The Kier molecular flexibility index (Phi) is 5.29. The maximum absolute atomic E-state index is 12.7. The summed E-state index contributed by atoms with van der Waals surface area (Å²) < 4.78 is 27.5. The number of aryl methyl sites for hydroxylation is 1. The van der Waals surface area contributed by atoms with Gasteiger partial charge in [-0.2, -0.15) is 4.31 Å². The Morgan fingerprint density at radius 3 is 2.89 bits per heavy atom. The number of nitrogens with zero attached hydrogens (tertiary/aromatic N) is 1. The minimum atomic E-state index is -3.32. The third-order valence-corrected chi connectivity index (χ3v) is 7.35. The van der Waals surface area contributed by atoms with Crippen molar-refractivity contribution < 1.29 is 8.42 Å². The van der Waals surface area contributed by atoms with Gasteiger partial charge in [-0.3, -0.25) is 0 Å². The third-order valence-electron chi connectivity index (χ3n) is 3.53. The number of thiophene rings is 1. The second-order valence-electron chi connectivity index (χ2n) is 4.97. The van der Waals surface area contributed by atoms with Crippen LogP contribution in [0, 0.1) is 0 Å². The zero-order valence-electron chi connectivity index (χ0n) is 11.1. The van der Waals surface area contributed by atoms with Crippen molar-refractivity contribution in [2.24, 2.45) is 0 Å². The Labute approximate surface area is 124 Å². The molecule has 1 atom stereocenters. The normalized spacial score (nSPS) is 22.3. The van der Waals surface area contributed by atoms with E-state index < -0.39 is 10.0 Å². The molecule has 108 valence electrons. The van der Waals surface area contributed by atoms with Gasteiger partial charge in [0.05, 0.1) is 0 Å². The fourth-order valence-corrected chi connectivity index (χ4v) is 5.95. The summed E-state index contributed by atoms with van der Waals surface area (Å²) in [4.78, 5) is 1.04. The first-order valence-electron chi connectivity index (χ1n) is 6.72. The van der Waals surface area contributed by atoms with Crippen LogP contribution in [0.2, 0.25) is 0 Å². The highest BCUT2D eigenvalue weighted by molar-refractivity contribution is 7.91. The summed E-state index contributed by atoms with van der Waals surface area (Å²) in [5.74, 6) is 0.528. The van der Waals surface area contributed by atoms with Crippen molar-refractivity contribution in [3.8, 4) is 0 Å². The molecule has 0 N–H and O–H groups in total. The van der Waals surface area contributed by atoms with Gasteiger partial charge in [0.15, 0.2) is 0 Å². The van der Waals surface area contributed by atoms with Gasteiger partial charge in [0.25, 0.3) is 10.0 Å². The molecule has 1 aromatic heterocycles. The minimum Gasteiger partial charge on any atom is -0.206 e. The lowest BCUT2D eigenvalue weighted by molar-refractivity contribution is 0.343. The van der Waals surface area contributed by atoms with Crippen molar-refractivity contribution in [2.45, 2.75) is 49.3 Å². The van der Waals surface area contributed by atoms with Crippen molar-refractivity contribution in [3.63, 3.8) is 0 Å². The molecule has 0 amide bonds. The molecule has 2 heterocycles. The van der Waals surface area contributed by atoms with Gasteiger partial charge < -0.3 is 0 Å². The quantitative estimate of drug-likeness (QED) is 0.796. The monoisotopic (exact) mass is 321 g/mol. The highest BCUT2D eigenvalue weighted by Crippen LogP contribution is 2.29. The second kappa shape index (κ2) is 6.57. The summed E-state index contributed by atoms with van der Waals surface area (Å²) >= 11 is 7.05. The van der Waals surface area contributed by atoms with E-state index in [1.807, 2.05) is 13.0 Å². The molecule has 6 heteroatoms. The zero-order valence-corrected chi connectivity index (χ0v) is 13.5. The molecule has 1 aliphatic rings. The fraction of sp³-hybridized carbons (Fsp3) is 0.692. The van der Waals surface area contributed by atoms with Crippen molar-refractivity contribution in [3.05, 3.63) is 17.0 Å². The summed E-state index contributed by atoms with van der Waals surface area (Å²) in [6.45, 7) is 2.66. The van der Waals surface area contributed by atoms with Gasteiger partial charge in [-0.1, -0.05) is 12.8 Å². The van der Waals surface area contributed by atoms with Gasteiger partial charge in [0.2, 0.25) is 0 Å². The molecule has 0 spiro atoms.